The van der Waals surface area contributed by atoms with Crippen LogP contribution in [0.4, 0.5) is 0 Å². The van der Waals surface area contributed by atoms with E-state index in [-0.39, 0.29) is 11.8 Å². The van der Waals surface area contributed by atoms with Crippen molar-refractivity contribution in [2.75, 3.05) is 20.8 Å². The molecule has 0 fully saturated rings. The van der Waals surface area contributed by atoms with Crippen LogP contribution in [0.1, 0.15) is 26.3 Å². The van der Waals surface area contributed by atoms with Gasteiger partial charge in [0.05, 0.1) is 19.9 Å². The number of hydrogen-bond acceptors (Lipinski definition) is 5. The summed E-state index contributed by atoms with van der Waals surface area (Å²) < 4.78 is 10.5. The minimum atomic E-state index is -1.14. The molecule has 0 saturated carbocycles. The van der Waals surface area contributed by atoms with Gasteiger partial charge < -0.3 is 19.5 Å². The highest BCUT2D eigenvalue weighted by atomic mass is 16.5. The van der Waals surface area contributed by atoms with Gasteiger partial charge in [0, 0.05) is 18.7 Å². The van der Waals surface area contributed by atoms with Crippen LogP contribution in [0.15, 0.2) is 24.4 Å². The molecule has 1 heterocycles. The average molecular weight is 376 g/mol. The molecular weight excluding hydrogens is 352 g/mol. The van der Waals surface area contributed by atoms with E-state index in [9.17, 15) is 19.5 Å². The summed E-state index contributed by atoms with van der Waals surface area (Å²) in [6.45, 7) is 4.49. The van der Waals surface area contributed by atoms with Gasteiger partial charge in [-0.05, 0) is 24.1 Å². The Bertz CT molecular complexity index is 786. The highest BCUT2D eigenvalue weighted by Gasteiger charge is 2.40. The van der Waals surface area contributed by atoms with Crippen molar-refractivity contribution in [1.29, 1.82) is 0 Å². The van der Waals surface area contributed by atoms with Gasteiger partial charge in [-0.3, -0.25) is 19.3 Å². The molecule has 0 aliphatic carbocycles. The maximum Gasteiger partial charge on any atom is 0.323 e. The first-order valence-electron chi connectivity index (χ1n) is 8.47. The van der Waals surface area contributed by atoms with Crippen LogP contribution in [0.3, 0.4) is 0 Å². The maximum atomic E-state index is 13.1. The summed E-state index contributed by atoms with van der Waals surface area (Å²) in [5.41, 5.74) is 0.853. The Hall–Kier alpha value is -3.03. The lowest BCUT2D eigenvalue weighted by molar-refractivity contribution is -0.148. The number of aliphatic carboxylic acids is 1. The molecule has 8 heteroatoms. The van der Waals surface area contributed by atoms with Gasteiger partial charge in [-0.1, -0.05) is 13.8 Å². The maximum absolute atomic E-state index is 13.1. The molecule has 0 aromatic heterocycles. The van der Waals surface area contributed by atoms with Gasteiger partial charge in [0.2, 0.25) is 5.91 Å². The zero-order valence-corrected chi connectivity index (χ0v) is 16.1. The van der Waals surface area contributed by atoms with Crippen LogP contribution in [0.5, 0.6) is 11.5 Å². The average Bonchev–Trinajstić information content (AvgIpc) is 2.61. The topological polar surface area (TPSA) is 96.4 Å². The van der Waals surface area contributed by atoms with Crippen LogP contribution in [-0.2, 0) is 14.4 Å². The Morgan fingerprint density at radius 3 is 2.30 bits per heavy atom. The Labute approximate surface area is 158 Å². The van der Waals surface area contributed by atoms with Crippen molar-refractivity contribution in [3.8, 4) is 11.5 Å². The number of carbonyl (C=O) groups is 3. The first kappa shape index (κ1) is 20.3. The molecule has 0 unspecified atom stereocenters. The lowest BCUT2D eigenvalue weighted by atomic mass is 9.97. The van der Waals surface area contributed by atoms with Crippen LogP contribution >= 0.6 is 0 Å². The summed E-state index contributed by atoms with van der Waals surface area (Å²) in [6.07, 6.45) is 1.53. The number of carboxylic acids is 1. The van der Waals surface area contributed by atoms with Gasteiger partial charge in [0.25, 0.3) is 5.91 Å². The zero-order chi connectivity index (χ0) is 20.3. The number of rotatable bonds is 6. The van der Waals surface area contributed by atoms with Crippen molar-refractivity contribution in [3.63, 3.8) is 0 Å². The number of ether oxygens (including phenoxy) is 2. The normalized spacial score (nSPS) is 17.0. The molecular formula is C19H24N2O6. The van der Waals surface area contributed by atoms with Crippen molar-refractivity contribution in [2.24, 2.45) is 5.92 Å². The fraction of sp³-hybridized carbons (Fsp3) is 0.421. The number of carboxylic acid groups (broad SMARTS) is 1. The lowest BCUT2D eigenvalue weighted by Crippen LogP contribution is -2.55. The van der Waals surface area contributed by atoms with E-state index in [0.717, 1.165) is 0 Å². The van der Waals surface area contributed by atoms with E-state index in [2.05, 4.69) is 0 Å². The van der Waals surface area contributed by atoms with E-state index in [1.54, 1.807) is 18.2 Å². The van der Waals surface area contributed by atoms with Crippen LogP contribution in [0.2, 0.25) is 0 Å². The first-order chi connectivity index (χ1) is 12.7. The minimum absolute atomic E-state index is 0.180. The molecule has 1 atom stereocenters. The second-order valence-electron chi connectivity index (χ2n) is 6.52. The third kappa shape index (κ3) is 4.05. The monoisotopic (exact) mass is 376 g/mol. The van der Waals surface area contributed by atoms with Crippen LogP contribution in [0, 0.1) is 5.92 Å². The Morgan fingerprint density at radius 2 is 1.81 bits per heavy atom. The third-order valence-electron chi connectivity index (χ3n) is 4.34. The lowest BCUT2D eigenvalue weighted by Gasteiger charge is -2.40. The Balaban J connectivity index is 2.64. The highest BCUT2D eigenvalue weighted by Crippen LogP contribution is 2.35. The summed E-state index contributed by atoms with van der Waals surface area (Å²) >= 11 is 0. The van der Waals surface area contributed by atoms with Crippen LogP contribution in [0.25, 0.3) is 5.70 Å². The standard InChI is InChI=1S/C19H24N2O6/c1-11(2)18-19(25)21(10-17(23)24)14(9-20(18)12(3)22)13-6-7-15(26-4)16(8-13)27-5/h6-9,11,18H,10H2,1-5H3,(H,23,24)/t18-/m0/s1. The van der Waals surface area contributed by atoms with Crippen molar-refractivity contribution < 1.29 is 29.0 Å². The van der Waals surface area contributed by atoms with Crippen molar-refractivity contribution in [3.05, 3.63) is 30.0 Å². The summed E-state index contributed by atoms with van der Waals surface area (Å²) in [5, 5.41) is 9.28. The quantitative estimate of drug-likeness (QED) is 0.813. The molecule has 1 aliphatic heterocycles. The van der Waals surface area contributed by atoms with Crippen molar-refractivity contribution in [1.82, 2.24) is 9.80 Å². The van der Waals surface area contributed by atoms with Crippen molar-refractivity contribution >= 4 is 23.5 Å². The van der Waals surface area contributed by atoms with Gasteiger partial charge >= 0.3 is 5.97 Å². The molecule has 0 saturated heterocycles. The molecule has 0 bridgehead atoms. The highest BCUT2D eigenvalue weighted by molar-refractivity contribution is 5.98. The van der Waals surface area contributed by atoms with E-state index in [4.69, 9.17) is 9.47 Å². The van der Waals surface area contributed by atoms with Crippen LogP contribution < -0.4 is 9.47 Å². The molecule has 0 spiro atoms. The number of carbonyl (C=O) groups excluding carboxylic acids is 2. The summed E-state index contributed by atoms with van der Waals surface area (Å²) in [5.74, 6) is -1.13. The largest absolute Gasteiger partial charge is 0.493 e. The molecule has 2 amide bonds. The Kier molecular flexibility index (Phi) is 6.09. The van der Waals surface area contributed by atoms with Gasteiger partial charge in [0.15, 0.2) is 11.5 Å². The molecule has 0 radical (unpaired) electrons. The smallest absolute Gasteiger partial charge is 0.323 e. The molecule has 1 aromatic rings. The first-order valence-corrected chi connectivity index (χ1v) is 8.47. The third-order valence-corrected chi connectivity index (χ3v) is 4.34. The second kappa shape index (κ2) is 8.11. The number of nitrogens with zero attached hydrogens (tertiary/aromatic N) is 2. The summed E-state index contributed by atoms with van der Waals surface area (Å²) in [6, 6.07) is 4.22. The fourth-order valence-electron chi connectivity index (χ4n) is 3.10. The van der Waals surface area contributed by atoms with E-state index in [0.29, 0.717) is 22.8 Å². The minimum Gasteiger partial charge on any atom is -0.493 e. The van der Waals surface area contributed by atoms with E-state index in [1.165, 1.54) is 37.1 Å². The molecule has 146 valence electrons. The predicted octanol–water partition coefficient (Wildman–Crippen LogP) is 1.80. The molecule has 27 heavy (non-hydrogen) atoms. The van der Waals surface area contributed by atoms with Crippen molar-refractivity contribution in [2.45, 2.75) is 26.8 Å². The number of benzene rings is 1. The van der Waals surface area contributed by atoms with Gasteiger partial charge in [-0.25, -0.2) is 0 Å². The zero-order valence-electron chi connectivity index (χ0n) is 16.1. The fourth-order valence-corrected chi connectivity index (χ4v) is 3.10. The number of methoxy groups -OCH3 is 2. The van der Waals surface area contributed by atoms with E-state index < -0.39 is 24.5 Å². The van der Waals surface area contributed by atoms with Gasteiger partial charge in [0.1, 0.15) is 12.6 Å². The van der Waals surface area contributed by atoms with Gasteiger partial charge in [-0.15, -0.1) is 0 Å². The van der Waals surface area contributed by atoms with E-state index >= 15 is 0 Å². The Morgan fingerprint density at radius 1 is 1.19 bits per heavy atom. The predicted molar refractivity (Wildman–Crippen MR) is 98.0 cm³/mol. The van der Waals surface area contributed by atoms with Crippen LogP contribution in [-0.4, -0.2) is 59.5 Å². The summed E-state index contributed by atoms with van der Waals surface area (Å²) in [4.78, 5) is 39.1. The SMILES string of the molecule is COc1ccc(C2=CN(C(C)=O)[C@@H](C(C)C)C(=O)N2CC(=O)O)cc1OC. The molecule has 1 aromatic carbocycles. The molecule has 2 rings (SSSR count). The summed E-state index contributed by atoms with van der Waals surface area (Å²) in [7, 11) is 2.98. The van der Waals surface area contributed by atoms with E-state index in [1.807, 2.05) is 13.8 Å². The van der Waals surface area contributed by atoms with Gasteiger partial charge in [-0.2, -0.15) is 0 Å². The second-order valence-corrected chi connectivity index (χ2v) is 6.52. The number of hydrogen-bond donors (Lipinski definition) is 1. The molecule has 8 nitrogen and oxygen atoms in total. The molecule has 1 N–H and O–H groups in total. The number of amides is 2. The molecule has 1 aliphatic rings.